The van der Waals surface area contributed by atoms with E-state index in [-0.39, 0.29) is 5.91 Å². The van der Waals surface area contributed by atoms with Gasteiger partial charge in [-0.2, -0.15) is 5.10 Å². The Balaban J connectivity index is 1.70. The van der Waals surface area contributed by atoms with E-state index in [9.17, 15) is 4.79 Å². The molecule has 0 unspecified atom stereocenters. The zero-order chi connectivity index (χ0) is 19.9. The molecule has 0 aliphatic heterocycles. The van der Waals surface area contributed by atoms with Gasteiger partial charge in [0.2, 0.25) is 0 Å². The summed E-state index contributed by atoms with van der Waals surface area (Å²) in [5.74, 6) is 0.934. The van der Waals surface area contributed by atoms with Crippen LogP contribution in [0.15, 0.2) is 53.6 Å². The highest BCUT2D eigenvalue weighted by Crippen LogP contribution is 2.28. The molecule has 1 N–H and O–H groups in total. The number of rotatable bonds is 7. The van der Waals surface area contributed by atoms with Crippen molar-refractivity contribution in [2.24, 2.45) is 5.10 Å². The van der Waals surface area contributed by atoms with Crippen LogP contribution in [0, 0.1) is 6.92 Å². The number of hydrogen-bond acceptors (Lipinski definition) is 6. The van der Waals surface area contributed by atoms with E-state index in [2.05, 4.69) is 15.5 Å². The number of carbonyl (C=O) groups excluding carboxylic acids is 1. The van der Waals surface area contributed by atoms with Gasteiger partial charge in [-0.1, -0.05) is 30.3 Å². The molecule has 0 saturated heterocycles. The van der Waals surface area contributed by atoms with Crippen LogP contribution >= 0.6 is 11.3 Å². The normalized spacial score (nSPS) is 10.8. The summed E-state index contributed by atoms with van der Waals surface area (Å²) in [7, 11) is 1.59. The van der Waals surface area contributed by atoms with Crippen molar-refractivity contribution >= 4 is 23.5 Å². The van der Waals surface area contributed by atoms with Crippen molar-refractivity contribution < 1.29 is 14.3 Å². The highest BCUT2D eigenvalue weighted by atomic mass is 32.1. The van der Waals surface area contributed by atoms with Crippen LogP contribution in [0.25, 0.3) is 10.6 Å². The predicted molar refractivity (Wildman–Crippen MR) is 112 cm³/mol. The average molecular weight is 395 g/mol. The van der Waals surface area contributed by atoms with E-state index in [0.29, 0.717) is 23.8 Å². The van der Waals surface area contributed by atoms with Crippen LogP contribution in [0.2, 0.25) is 0 Å². The lowest BCUT2D eigenvalue weighted by atomic mass is 10.2. The lowest BCUT2D eigenvalue weighted by molar-refractivity contribution is 0.0950. The van der Waals surface area contributed by atoms with Crippen LogP contribution in [0.5, 0.6) is 11.5 Å². The Labute approximate surface area is 167 Å². The topological polar surface area (TPSA) is 72.8 Å². The van der Waals surface area contributed by atoms with E-state index in [4.69, 9.17) is 9.47 Å². The molecule has 3 aromatic rings. The fraction of sp³-hybridized carbons (Fsp3) is 0.190. The molecule has 3 rings (SSSR count). The highest BCUT2D eigenvalue weighted by molar-refractivity contribution is 7.15. The monoisotopic (exact) mass is 395 g/mol. The van der Waals surface area contributed by atoms with Crippen molar-refractivity contribution in [1.29, 1.82) is 0 Å². The second kappa shape index (κ2) is 9.14. The number of carbonyl (C=O) groups is 1. The Morgan fingerprint density at radius 2 is 2.00 bits per heavy atom. The minimum absolute atomic E-state index is 0.342. The molecule has 0 saturated carbocycles. The van der Waals surface area contributed by atoms with Gasteiger partial charge in [0.15, 0.2) is 11.5 Å². The maximum absolute atomic E-state index is 12.4. The number of methoxy groups -OCH3 is 1. The van der Waals surface area contributed by atoms with Crippen molar-refractivity contribution in [2.75, 3.05) is 13.7 Å². The number of amides is 1. The summed E-state index contributed by atoms with van der Waals surface area (Å²) in [6.45, 7) is 4.31. The third-order valence-corrected chi connectivity index (χ3v) is 4.92. The van der Waals surface area contributed by atoms with Gasteiger partial charge in [0.1, 0.15) is 10.7 Å². The lowest BCUT2D eigenvalue weighted by Crippen LogP contribution is -2.18. The first kappa shape index (κ1) is 19.6. The Morgan fingerprint density at radius 1 is 1.21 bits per heavy atom. The lowest BCUT2D eigenvalue weighted by Gasteiger charge is -2.09. The van der Waals surface area contributed by atoms with Gasteiger partial charge in [-0.25, -0.2) is 10.4 Å². The van der Waals surface area contributed by atoms with Crippen LogP contribution < -0.4 is 14.9 Å². The van der Waals surface area contributed by atoms with E-state index >= 15 is 0 Å². The largest absolute Gasteiger partial charge is 0.493 e. The van der Waals surface area contributed by atoms with Gasteiger partial charge in [-0.05, 0) is 37.6 Å². The molecule has 1 aromatic heterocycles. The predicted octanol–water partition coefficient (Wildman–Crippen LogP) is 4.29. The molecule has 7 heteroatoms. The summed E-state index contributed by atoms with van der Waals surface area (Å²) < 4.78 is 10.8. The van der Waals surface area contributed by atoms with Gasteiger partial charge >= 0.3 is 0 Å². The summed E-state index contributed by atoms with van der Waals surface area (Å²) in [6.07, 6.45) is 1.56. The third kappa shape index (κ3) is 4.55. The molecule has 6 nitrogen and oxygen atoms in total. The van der Waals surface area contributed by atoms with E-state index in [1.807, 2.05) is 50.2 Å². The quantitative estimate of drug-likeness (QED) is 0.478. The number of aromatic nitrogens is 1. The zero-order valence-electron chi connectivity index (χ0n) is 15.9. The molecule has 0 radical (unpaired) electrons. The minimum atomic E-state index is -0.342. The zero-order valence-corrected chi connectivity index (χ0v) is 16.7. The number of nitrogens with one attached hydrogen (secondary N) is 1. The van der Waals surface area contributed by atoms with Gasteiger partial charge in [0.05, 0.1) is 19.9 Å². The Kier molecular flexibility index (Phi) is 6.39. The smallest absolute Gasteiger partial charge is 0.291 e. The second-order valence-corrected chi connectivity index (χ2v) is 7.04. The Hall–Kier alpha value is -3.19. The molecular formula is C21H21N3O3S. The molecular weight excluding hydrogens is 374 g/mol. The van der Waals surface area contributed by atoms with E-state index < -0.39 is 0 Å². The molecule has 0 aliphatic carbocycles. The highest BCUT2D eigenvalue weighted by Gasteiger charge is 2.15. The van der Waals surface area contributed by atoms with Crippen LogP contribution in [0.4, 0.5) is 0 Å². The molecule has 0 bridgehead atoms. The summed E-state index contributed by atoms with van der Waals surface area (Å²) >= 11 is 1.48. The second-order valence-electron chi connectivity index (χ2n) is 5.83. The fourth-order valence-corrected chi connectivity index (χ4v) is 3.49. The first-order valence-corrected chi connectivity index (χ1v) is 9.61. The number of aryl methyl sites for hydroxylation is 1. The summed E-state index contributed by atoms with van der Waals surface area (Å²) in [4.78, 5) is 17.7. The molecule has 0 fully saturated rings. The molecule has 1 amide bonds. The average Bonchev–Trinajstić information content (AvgIpc) is 3.11. The Morgan fingerprint density at radius 3 is 2.71 bits per heavy atom. The van der Waals surface area contributed by atoms with Gasteiger partial charge in [-0.3, -0.25) is 4.79 Å². The van der Waals surface area contributed by atoms with Crippen LogP contribution in [0.3, 0.4) is 0 Å². The number of hydrazone groups is 1. The number of thiazole rings is 1. The molecule has 0 spiro atoms. The van der Waals surface area contributed by atoms with E-state index in [0.717, 1.165) is 21.0 Å². The van der Waals surface area contributed by atoms with E-state index in [1.165, 1.54) is 11.3 Å². The summed E-state index contributed by atoms with van der Waals surface area (Å²) in [6, 6.07) is 15.2. The van der Waals surface area contributed by atoms with Gasteiger partial charge < -0.3 is 9.47 Å². The Bertz CT molecular complexity index is 984. The van der Waals surface area contributed by atoms with Gasteiger partial charge in [-0.15, -0.1) is 11.3 Å². The first-order chi connectivity index (χ1) is 13.6. The van der Waals surface area contributed by atoms with Crippen molar-refractivity contribution in [2.45, 2.75) is 13.8 Å². The third-order valence-electron chi connectivity index (χ3n) is 3.90. The number of ether oxygens (including phenoxy) is 2. The van der Waals surface area contributed by atoms with Crippen molar-refractivity contribution in [1.82, 2.24) is 10.4 Å². The molecule has 0 atom stereocenters. The maximum atomic E-state index is 12.4. The minimum Gasteiger partial charge on any atom is -0.493 e. The molecule has 2 aromatic carbocycles. The number of benzene rings is 2. The SMILES string of the molecule is CCOc1cc(/C=N\NC(=O)c2nc(-c3ccccc3)sc2C)ccc1OC. The molecule has 0 aliphatic rings. The van der Waals surface area contributed by atoms with Crippen molar-refractivity contribution in [3.8, 4) is 22.1 Å². The van der Waals surface area contributed by atoms with Gasteiger partial charge in [0, 0.05) is 10.4 Å². The first-order valence-electron chi connectivity index (χ1n) is 8.79. The number of nitrogens with zero attached hydrogens (tertiary/aromatic N) is 2. The van der Waals surface area contributed by atoms with Gasteiger partial charge in [0.25, 0.3) is 5.91 Å². The maximum Gasteiger partial charge on any atom is 0.291 e. The molecule has 1 heterocycles. The standard InChI is InChI=1S/C21H21N3O3S/c1-4-27-18-12-15(10-11-17(18)26-3)13-22-24-20(25)19-14(2)28-21(23-19)16-8-6-5-7-9-16/h5-13H,4H2,1-3H3,(H,24,25)/b22-13-. The summed E-state index contributed by atoms with van der Waals surface area (Å²) in [5.41, 5.74) is 4.68. The molecule has 28 heavy (non-hydrogen) atoms. The van der Waals surface area contributed by atoms with Crippen LogP contribution in [0.1, 0.15) is 27.9 Å². The van der Waals surface area contributed by atoms with Crippen molar-refractivity contribution in [3.05, 3.63) is 64.7 Å². The fourth-order valence-electron chi connectivity index (χ4n) is 2.57. The number of hydrogen-bond donors (Lipinski definition) is 1. The van der Waals surface area contributed by atoms with Crippen LogP contribution in [-0.2, 0) is 0 Å². The molecule has 144 valence electrons. The van der Waals surface area contributed by atoms with Crippen LogP contribution in [-0.4, -0.2) is 30.8 Å². The summed E-state index contributed by atoms with van der Waals surface area (Å²) in [5, 5.41) is 4.85. The van der Waals surface area contributed by atoms with E-state index in [1.54, 1.807) is 25.5 Å². The van der Waals surface area contributed by atoms with Crippen molar-refractivity contribution in [3.63, 3.8) is 0 Å².